The van der Waals surface area contributed by atoms with Crippen molar-refractivity contribution in [1.82, 2.24) is 15.0 Å². The molecule has 0 unspecified atom stereocenters. The number of aromatic nitrogens is 3. The molecule has 0 radical (unpaired) electrons. The Morgan fingerprint density at radius 1 is 1.32 bits per heavy atom. The van der Waals surface area contributed by atoms with Gasteiger partial charge in [-0.1, -0.05) is 0 Å². The summed E-state index contributed by atoms with van der Waals surface area (Å²) in [6, 6.07) is 3.41. The Morgan fingerprint density at radius 2 is 2.00 bits per heavy atom. The summed E-state index contributed by atoms with van der Waals surface area (Å²) in [6.45, 7) is 0. The molecule has 2 aromatic rings. The summed E-state index contributed by atoms with van der Waals surface area (Å²) in [5.41, 5.74) is -0.529. The van der Waals surface area contributed by atoms with Crippen molar-refractivity contribution in [3.63, 3.8) is 0 Å². The van der Waals surface area contributed by atoms with E-state index in [9.17, 15) is 13.6 Å². The Kier molecular flexibility index (Phi) is 3.74. The zero-order valence-electron chi connectivity index (χ0n) is 9.62. The van der Waals surface area contributed by atoms with Crippen LogP contribution in [0.4, 0.5) is 8.78 Å². The topological polar surface area (TPSA) is 76.0 Å². The molecule has 19 heavy (non-hydrogen) atoms. The fraction of sp³-hybridized carbons (Fsp3) is 0.167. The SMILES string of the molecule is O=C(O)c1cnc(Cc2ccncc2)nc1C(F)F. The number of carboxylic acids is 1. The summed E-state index contributed by atoms with van der Waals surface area (Å²) < 4.78 is 25.5. The van der Waals surface area contributed by atoms with Crippen LogP contribution in [0.15, 0.2) is 30.7 Å². The first-order valence-electron chi connectivity index (χ1n) is 5.34. The van der Waals surface area contributed by atoms with Crippen molar-refractivity contribution in [2.24, 2.45) is 0 Å². The molecule has 2 aromatic heterocycles. The van der Waals surface area contributed by atoms with Gasteiger partial charge in [-0.25, -0.2) is 23.5 Å². The van der Waals surface area contributed by atoms with Gasteiger partial charge in [-0.15, -0.1) is 0 Å². The van der Waals surface area contributed by atoms with Gasteiger partial charge in [-0.2, -0.15) is 0 Å². The molecule has 0 saturated heterocycles. The van der Waals surface area contributed by atoms with Gasteiger partial charge in [0, 0.05) is 25.0 Å². The van der Waals surface area contributed by atoms with Crippen molar-refractivity contribution in [2.75, 3.05) is 0 Å². The molecule has 2 rings (SSSR count). The van der Waals surface area contributed by atoms with Crippen LogP contribution in [0.25, 0.3) is 0 Å². The van der Waals surface area contributed by atoms with Crippen LogP contribution in [0.1, 0.15) is 33.9 Å². The largest absolute Gasteiger partial charge is 0.478 e. The predicted octanol–water partition coefficient (Wildman–Crippen LogP) is 2.10. The molecule has 1 N–H and O–H groups in total. The highest BCUT2D eigenvalue weighted by atomic mass is 19.3. The van der Waals surface area contributed by atoms with Crippen LogP contribution in [-0.2, 0) is 6.42 Å². The first-order valence-corrected chi connectivity index (χ1v) is 5.34. The molecule has 2 heterocycles. The van der Waals surface area contributed by atoms with Crippen LogP contribution in [0.2, 0.25) is 0 Å². The van der Waals surface area contributed by atoms with E-state index < -0.39 is 23.7 Å². The number of carbonyl (C=O) groups is 1. The second kappa shape index (κ2) is 5.47. The summed E-state index contributed by atoms with van der Waals surface area (Å²) in [6.07, 6.45) is 1.32. The molecule has 0 aliphatic carbocycles. The number of alkyl halides is 2. The number of nitrogens with zero attached hydrogens (tertiary/aromatic N) is 3. The van der Waals surface area contributed by atoms with Crippen molar-refractivity contribution in [1.29, 1.82) is 0 Å². The lowest BCUT2D eigenvalue weighted by Gasteiger charge is -2.06. The van der Waals surface area contributed by atoms with E-state index in [1.54, 1.807) is 24.5 Å². The van der Waals surface area contributed by atoms with Crippen LogP contribution in [0.5, 0.6) is 0 Å². The van der Waals surface area contributed by atoms with E-state index in [0.29, 0.717) is 0 Å². The zero-order chi connectivity index (χ0) is 13.8. The molecule has 0 aliphatic rings. The van der Waals surface area contributed by atoms with Gasteiger partial charge in [0.05, 0.1) is 0 Å². The third-order valence-electron chi connectivity index (χ3n) is 2.42. The van der Waals surface area contributed by atoms with Gasteiger partial charge in [0.2, 0.25) is 0 Å². The second-order valence-corrected chi connectivity index (χ2v) is 3.72. The lowest BCUT2D eigenvalue weighted by Crippen LogP contribution is -2.09. The Hall–Kier alpha value is -2.44. The van der Waals surface area contributed by atoms with Gasteiger partial charge in [-0.3, -0.25) is 4.98 Å². The Bertz CT molecular complexity index is 591. The van der Waals surface area contributed by atoms with Crippen LogP contribution in [-0.4, -0.2) is 26.0 Å². The molecule has 0 aromatic carbocycles. The predicted molar refractivity (Wildman–Crippen MR) is 61.0 cm³/mol. The van der Waals surface area contributed by atoms with Gasteiger partial charge >= 0.3 is 5.97 Å². The average molecular weight is 265 g/mol. The zero-order valence-corrected chi connectivity index (χ0v) is 9.62. The quantitative estimate of drug-likeness (QED) is 0.916. The van der Waals surface area contributed by atoms with Crippen molar-refractivity contribution in [3.8, 4) is 0 Å². The number of pyridine rings is 1. The van der Waals surface area contributed by atoms with Gasteiger partial charge < -0.3 is 5.11 Å². The fourth-order valence-corrected chi connectivity index (χ4v) is 1.53. The Balaban J connectivity index is 2.33. The molecule has 0 bridgehead atoms. The van der Waals surface area contributed by atoms with Crippen LogP contribution >= 0.6 is 0 Å². The second-order valence-electron chi connectivity index (χ2n) is 3.72. The van der Waals surface area contributed by atoms with Crippen molar-refractivity contribution in [2.45, 2.75) is 12.8 Å². The summed E-state index contributed by atoms with van der Waals surface area (Å²) in [4.78, 5) is 22.0. The molecule has 7 heteroatoms. The summed E-state index contributed by atoms with van der Waals surface area (Å²) in [7, 11) is 0. The smallest absolute Gasteiger partial charge is 0.339 e. The van der Waals surface area contributed by atoms with Gasteiger partial charge in [0.1, 0.15) is 17.1 Å². The molecular weight excluding hydrogens is 256 g/mol. The lowest BCUT2D eigenvalue weighted by atomic mass is 10.1. The monoisotopic (exact) mass is 265 g/mol. The average Bonchev–Trinajstić information content (AvgIpc) is 2.39. The molecule has 0 atom stereocenters. The first kappa shape index (κ1) is 13.0. The molecule has 0 aliphatic heterocycles. The standard InChI is InChI=1S/C12H9F2N3O2/c13-11(14)10-8(12(18)19)6-16-9(17-10)5-7-1-3-15-4-2-7/h1-4,6,11H,5H2,(H,18,19). The van der Waals surface area contributed by atoms with Crippen molar-refractivity contribution < 1.29 is 18.7 Å². The Morgan fingerprint density at radius 3 is 2.58 bits per heavy atom. The number of aromatic carboxylic acids is 1. The van der Waals surface area contributed by atoms with Gasteiger partial charge in [0.25, 0.3) is 6.43 Å². The number of hydrogen-bond acceptors (Lipinski definition) is 4. The van der Waals surface area contributed by atoms with E-state index in [4.69, 9.17) is 5.11 Å². The number of rotatable bonds is 4. The molecule has 0 saturated carbocycles. The van der Waals surface area contributed by atoms with E-state index in [-0.39, 0.29) is 12.2 Å². The van der Waals surface area contributed by atoms with E-state index in [1.165, 1.54) is 0 Å². The highest BCUT2D eigenvalue weighted by Gasteiger charge is 2.21. The fourth-order valence-electron chi connectivity index (χ4n) is 1.53. The minimum absolute atomic E-state index is 0.145. The van der Waals surface area contributed by atoms with Crippen molar-refractivity contribution in [3.05, 3.63) is 53.4 Å². The van der Waals surface area contributed by atoms with E-state index >= 15 is 0 Å². The molecule has 0 amide bonds. The third-order valence-corrected chi connectivity index (χ3v) is 2.42. The minimum atomic E-state index is -2.95. The van der Waals surface area contributed by atoms with Crippen LogP contribution in [0, 0.1) is 0 Å². The number of carboxylic acid groups (broad SMARTS) is 1. The molecule has 0 fully saturated rings. The van der Waals surface area contributed by atoms with E-state index in [1.807, 2.05) is 0 Å². The van der Waals surface area contributed by atoms with Crippen LogP contribution < -0.4 is 0 Å². The minimum Gasteiger partial charge on any atom is -0.478 e. The summed E-state index contributed by atoms with van der Waals surface area (Å²) in [5.74, 6) is -1.32. The number of hydrogen-bond donors (Lipinski definition) is 1. The van der Waals surface area contributed by atoms with E-state index in [0.717, 1.165) is 11.8 Å². The van der Waals surface area contributed by atoms with E-state index in [2.05, 4.69) is 15.0 Å². The highest BCUT2D eigenvalue weighted by Crippen LogP contribution is 2.21. The maximum absolute atomic E-state index is 12.7. The van der Waals surface area contributed by atoms with Gasteiger partial charge in [-0.05, 0) is 17.7 Å². The molecule has 98 valence electrons. The Labute approximate surface area is 107 Å². The first-order chi connectivity index (χ1) is 9.08. The lowest BCUT2D eigenvalue weighted by molar-refractivity contribution is 0.0681. The molecule has 5 nitrogen and oxygen atoms in total. The maximum atomic E-state index is 12.7. The molecule has 0 spiro atoms. The number of halogens is 2. The molecular formula is C12H9F2N3O2. The van der Waals surface area contributed by atoms with Gasteiger partial charge in [0.15, 0.2) is 0 Å². The third kappa shape index (κ3) is 3.06. The maximum Gasteiger partial charge on any atom is 0.339 e. The van der Waals surface area contributed by atoms with Crippen LogP contribution in [0.3, 0.4) is 0 Å². The summed E-state index contributed by atoms with van der Waals surface area (Å²) >= 11 is 0. The van der Waals surface area contributed by atoms with Crippen molar-refractivity contribution >= 4 is 5.97 Å². The normalized spacial score (nSPS) is 10.7. The highest BCUT2D eigenvalue weighted by molar-refractivity contribution is 5.88. The summed E-state index contributed by atoms with van der Waals surface area (Å²) in [5, 5.41) is 8.77.